The molecular formula is C12H25NO. The van der Waals surface area contributed by atoms with Crippen LogP contribution in [0.5, 0.6) is 0 Å². The van der Waals surface area contributed by atoms with Crippen LogP contribution in [0.1, 0.15) is 46.5 Å². The number of hydrogen-bond acceptors (Lipinski definition) is 2. The second-order valence-electron chi connectivity index (χ2n) is 5.17. The number of likely N-dealkylation sites (tertiary alicyclic amines) is 1. The minimum absolute atomic E-state index is 0.343. The third-order valence-electron chi connectivity index (χ3n) is 3.17. The van der Waals surface area contributed by atoms with Crippen LogP contribution in [-0.2, 0) is 4.74 Å². The van der Waals surface area contributed by atoms with Crippen molar-refractivity contribution in [2.75, 3.05) is 26.4 Å². The fraction of sp³-hybridized carbons (Fsp3) is 1.00. The minimum Gasteiger partial charge on any atom is -0.366 e. The lowest BCUT2D eigenvalue weighted by molar-refractivity contribution is -0.0169. The van der Waals surface area contributed by atoms with Gasteiger partial charge >= 0.3 is 0 Å². The van der Waals surface area contributed by atoms with Crippen LogP contribution in [0, 0.1) is 5.41 Å². The Morgan fingerprint density at radius 2 is 1.79 bits per heavy atom. The van der Waals surface area contributed by atoms with Gasteiger partial charge in [-0.2, -0.15) is 0 Å². The first-order valence-electron chi connectivity index (χ1n) is 5.94. The van der Waals surface area contributed by atoms with Gasteiger partial charge in [0.2, 0.25) is 0 Å². The summed E-state index contributed by atoms with van der Waals surface area (Å²) in [4.78, 5) is 2.43. The Kier molecular flexibility index (Phi) is 4.90. The van der Waals surface area contributed by atoms with Crippen LogP contribution in [0.15, 0.2) is 0 Å². The highest BCUT2D eigenvalue weighted by Crippen LogP contribution is 2.19. The van der Waals surface area contributed by atoms with Gasteiger partial charge in [0.1, 0.15) is 0 Å². The van der Waals surface area contributed by atoms with E-state index in [-0.39, 0.29) is 0 Å². The lowest BCUT2D eigenvalue weighted by atomic mass is 9.92. The summed E-state index contributed by atoms with van der Waals surface area (Å²) in [5.41, 5.74) is 0.343. The van der Waals surface area contributed by atoms with Crippen LogP contribution in [0.3, 0.4) is 0 Å². The highest BCUT2D eigenvalue weighted by Gasteiger charge is 2.16. The molecule has 0 aromatic carbocycles. The van der Waals surface area contributed by atoms with Crippen LogP contribution in [0.4, 0.5) is 0 Å². The van der Waals surface area contributed by atoms with Gasteiger partial charge in [-0.3, -0.25) is 4.90 Å². The number of hydrogen-bond donors (Lipinski definition) is 0. The number of rotatable bonds is 5. The third kappa shape index (κ3) is 4.43. The first-order valence-corrected chi connectivity index (χ1v) is 5.94. The molecule has 0 saturated carbocycles. The second kappa shape index (κ2) is 5.72. The molecule has 1 aliphatic rings. The number of ether oxygens (including phenoxy) is 1. The Hall–Kier alpha value is -0.0800. The van der Waals surface area contributed by atoms with E-state index in [1.54, 1.807) is 0 Å². The van der Waals surface area contributed by atoms with Gasteiger partial charge in [0, 0.05) is 13.1 Å². The van der Waals surface area contributed by atoms with Gasteiger partial charge in [0.25, 0.3) is 0 Å². The zero-order valence-electron chi connectivity index (χ0n) is 10.0. The van der Waals surface area contributed by atoms with Gasteiger partial charge < -0.3 is 4.74 Å². The summed E-state index contributed by atoms with van der Waals surface area (Å²) in [6, 6.07) is 0. The van der Waals surface area contributed by atoms with Crippen LogP contribution in [0.25, 0.3) is 0 Å². The molecule has 0 N–H and O–H groups in total. The fourth-order valence-corrected chi connectivity index (χ4v) is 1.64. The number of nitrogens with zero attached hydrogens (tertiary/aromatic N) is 1. The Morgan fingerprint density at radius 1 is 1.14 bits per heavy atom. The zero-order valence-corrected chi connectivity index (χ0v) is 10.0. The molecule has 0 bridgehead atoms. The normalized spacial score (nSPS) is 19.9. The standard InChI is InChI=1S/C12H25NO/c1-4-12(2,3)10-14-11-13-8-6-5-7-9-13/h4-11H2,1-3H3. The second-order valence-corrected chi connectivity index (χ2v) is 5.17. The monoisotopic (exact) mass is 199 g/mol. The van der Waals surface area contributed by atoms with E-state index in [0.717, 1.165) is 13.3 Å². The molecule has 14 heavy (non-hydrogen) atoms. The maximum atomic E-state index is 5.75. The van der Waals surface area contributed by atoms with Crippen molar-refractivity contribution in [1.29, 1.82) is 0 Å². The molecule has 0 aromatic rings. The predicted molar refractivity (Wildman–Crippen MR) is 60.3 cm³/mol. The molecule has 0 unspecified atom stereocenters. The highest BCUT2D eigenvalue weighted by atomic mass is 16.5. The topological polar surface area (TPSA) is 12.5 Å². The molecule has 0 amide bonds. The molecule has 0 aromatic heterocycles. The number of piperidine rings is 1. The smallest absolute Gasteiger partial charge is 0.0990 e. The van der Waals surface area contributed by atoms with Gasteiger partial charge in [-0.05, 0) is 24.7 Å². The molecular weight excluding hydrogens is 174 g/mol. The van der Waals surface area contributed by atoms with Crippen LogP contribution < -0.4 is 0 Å². The molecule has 0 atom stereocenters. The molecule has 1 saturated heterocycles. The van der Waals surface area contributed by atoms with Crippen molar-refractivity contribution < 1.29 is 4.74 Å². The Morgan fingerprint density at radius 3 is 2.36 bits per heavy atom. The van der Waals surface area contributed by atoms with Gasteiger partial charge in [0.05, 0.1) is 13.3 Å². The Labute approximate surface area is 88.6 Å². The van der Waals surface area contributed by atoms with Gasteiger partial charge in [-0.15, -0.1) is 0 Å². The summed E-state index contributed by atoms with van der Waals surface area (Å²) >= 11 is 0. The zero-order chi connectivity index (χ0) is 10.4. The van der Waals surface area contributed by atoms with Crippen LogP contribution >= 0.6 is 0 Å². The molecule has 1 heterocycles. The van der Waals surface area contributed by atoms with Crippen molar-refractivity contribution in [3.63, 3.8) is 0 Å². The lowest BCUT2D eigenvalue weighted by Gasteiger charge is -2.28. The highest BCUT2D eigenvalue weighted by molar-refractivity contribution is 4.65. The van der Waals surface area contributed by atoms with Crippen LogP contribution in [0.2, 0.25) is 0 Å². The average Bonchev–Trinajstić information content (AvgIpc) is 2.19. The van der Waals surface area contributed by atoms with Crippen molar-refractivity contribution in [2.45, 2.75) is 46.5 Å². The van der Waals surface area contributed by atoms with Crippen LogP contribution in [-0.4, -0.2) is 31.3 Å². The molecule has 0 aliphatic carbocycles. The van der Waals surface area contributed by atoms with Crippen molar-refractivity contribution in [3.8, 4) is 0 Å². The van der Waals surface area contributed by atoms with E-state index in [1.807, 2.05) is 0 Å². The maximum Gasteiger partial charge on any atom is 0.0990 e. The minimum atomic E-state index is 0.343. The summed E-state index contributed by atoms with van der Waals surface area (Å²) in [5.74, 6) is 0. The summed E-state index contributed by atoms with van der Waals surface area (Å²) < 4.78 is 5.75. The summed E-state index contributed by atoms with van der Waals surface area (Å²) in [5, 5.41) is 0. The van der Waals surface area contributed by atoms with E-state index >= 15 is 0 Å². The molecule has 84 valence electrons. The van der Waals surface area contributed by atoms with E-state index in [9.17, 15) is 0 Å². The fourth-order valence-electron chi connectivity index (χ4n) is 1.64. The third-order valence-corrected chi connectivity index (χ3v) is 3.17. The molecule has 0 spiro atoms. The van der Waals surface area contributed by atoms with Gasteiger partial charge in [0.15, 0.2) is 0 Å². The SMILES string of the molecule is CCC(C)(C)COCN1CCCCC1. The van der Waals surface area contributed by atoms with Crippen molar-refractivity contribution >= 4 is 0 Å². The largest absolute Gasteiger partial charge is 0.366 e. The summed E-state index contributed by atoms with van der Waals surface area (Å²) in [6.07, 6.45) is 5.28. The molecule has 1 fully saturated rings. The molecule has 0 radical (unpaired) electrons. The van der Waals surface area contributed by atoms with Gasteiger partial charge in [-0.1, -0.05) is 27.2 Å². The Balaban J connectivity index is 2.08. The average molecular weight is 199 g/mol. The molecule has 1 rings (SSSR count). The van der Waals surface area contributed by atoms with Crippen molar-refractivity contribution in [1.82, 2.24) is 4.90 Å². The predicted octanol–water partition coefficient (Wildman–Crippen LogP) is 2.88. The van der Waals surface area contributed by atoms with Crippen molar-refractivity contribution in [2.24, 2.45) is 5.41 Å². The quantitative estimate of drug-likeness (QED) is 0.675. The van der Waals surface area contributed by atoms with E-state index in [0.29, 0.717) is 5.41 Å². The maximum absolute atomic E-state index is 5.75. The first kappa shape index (κ1) is 12.0. The van der Waals surface area contributed by atoms with E-state index in [1.165, 1.54) is 38.8 Å². The Bertz CT molecular complexity index is 150. The van der Waals surface area contributed by atoms with E-state index in [4.69, 9.17) is 4.74 Å². The van der Waals surface area contributed by atoms with Gasteiger partial charge in [-0.25, -0.2) is 0 Å². The molecule has 2 nitrogen and oxygen atoms in total. The van der Waals surface area contributed by atoms with Crippen molar-refractivity contribution in [3.05, 3.63) is 0 Å². The summed E-state index contributed by atoms with van der Waals surface area (Å²) in [6.45, 7) is 10.9. The van der Waals surface area contributed by atoms with E-state index < -0.39 is 0 Å². The lowest BCUT2D eigenvalue weighted by Crippen LogP contribution is -2.33. The van der Waals surface area contributed by atoms with E-state index in [2.05, 4.69) is 25.7 Å². The summed E-state index contributed by atoms with van der Waals surface area (Å²) in [7, 11) is 0. The molecule has 1 aliphatic heterocycles. The first-order chi connectivity index (χ1) is 6.64. The molecule has 2 heteroatoms.